The number of fused-ring (bicyclic) bond motifs is 2. The van der Waals surface area contributed by atoms with Crippen molar-refractivity contribution in [2.24, 2.45) is 0 Å². The zero-order valence-corrected chi connectivity index (χ0v) is 19.8. The molecule has 0 saturated carbocycles. The lowest BCUT2D eigenvalue weighted by atomic mass is 9.86. The van der Waals surface area contributed by atoms with E-state index in [2.05, 4.69) is 23.5 Å². The Labute approximate surface area is 204 Å². The third-order valence-corrected chi connectivity index (χ3v) is 6.93. The van der Waals surface area contributed by atoms with Crippen LogP contribution in [0.2, 0.25) is 5.02 Å². The number of anilines is 1. The Balaban J connectivity index is 1.45. The molecule has 34 heavy (non-hydrogen) atoms. The van der Waals surface area contributed by atoms with Crippen molar-refractivity contribution in [3.63, 3.8) is 0 Å². The van der Waals surface area contributed by atoms with Gasteiger partial charge in [0.05, 0.1) is 12.6 Å². The SMILES string of the molecule is CCC1Oc2ccc(NC(=O)c3ccc(Cl)cc3)cc2CN(C2CCCc3ccccc32)C1=O. The molecule has 0 aromatic heterocycles. The summed E-state index contributed by atoms with van der Waals surface area (Å²) in [7, 11) is 0. The van der Waals surface area contributed by atoms with Crippen molar-refractivity contribution in [3.05, 3.63) is 94.0 Å². The standard InChI is InChI=1S/C28H27ClN2O3/c1-2-25-28(33)31(24-9-5-7-18-6-3-4-8-23(18)24)17-20-16-22(14-15-26(20)34-25)30-27(32)19-10-12-21(29)13-11-19/h3-4,6,8,10-16,24-25H,2,5,7,9,17H2,1H3,(H,30,32). The Bertz CT molecular complexity index is 1220. The fourth-order valence-corrected chi connectivity index (χ4v) is 5.05. The smallest absolute Gasteiger partial charge is 0.264 e. The van der Waals surface area contributed by atoms with Gasteiger partial charge >= 0.3 is 0 Å². The number of nitrogens with zero attached hydrogens (tertiary/aromatic N) is 1. The number of nitrogens with one attached hydrogen (secondary N) is 1. The lowest BCUT2D eigenvalue weighted by molar-refractivity contribution is -0.141. The minimum atomic E-state index is -0.523. The molecule has 0 spiro atoms. The summed E-state index contributed by atoms with van der Waals surface area (Å²) in [6.45, 7) is 2.41. The second kappa shape index (κ2) is 9.51. The van der Waals surface area contributed by atoms with E-state index in [9.17, 15) is 9.59 Å². The number of amides is 2. The zero-order chi connectivity index (χ0) is 23.7. The first-order chi connectivity index (χ1) is 16.5. The molecular formula is C28H27ClN2O3. The van der Waals surface area contributed by atoms with Gasteiger partial charge in [0.25, 0.3) is 11.8 Å². The fourth-order valence-electron chi connectivity index (χ4n) is 4.92. The summed E-state index contributed by atoms with van der Waals surface area (Å²) < 4.78 is 6.17. The normalized spacial score (nSPS) is 19.5. The fraction of sp³-hybridized carbons (Fsp3) is 0.286. The van der Waals surface area contributed by atoms with Gasteiger partial charge in [-0.1, -0.05) is 42.8 Å². The van der Waals surface area contributed by atoms with Crippen LogP contribution in [0, 0.1) is 0 Å². The molecular weight excluding hydrogens is 448 g/mol. The Morgan fingerprint density at radius 3 is 2.68 bits per heavy atom. The Hall–Kier alpha value is -3.31. The van der Waals surface area contributed by atoms with Crippen LogP contribution in [0.1, 0.15) is 59.3 Å². The Morgan fingerprint density at radius 2 is 1.88 bits per heavy atom. The van der Waals surface area contributed by atoms with E-state index >= 15 is 0 Å². The van der Waals surface area contributed by atoms with Crippen molar-refractivity contribution < 1.29 is 14.3 Å². The van der Waals surface area contributed by atoms with Crippen molar-refractivity contribution >= 4 is 29.1 Å². The van der Waals surface area contributed by atoms with Crippen LogP contribution in [0.4, 0.5) is 5.69 Å². The number of benzene rings is 3. The van der Waals surface area contributed by atoms with Crippen LogP contribution in [0.25, 0.3) is 0 Å². The molecule has 2 atom stereocenters. The molecule has 0 radical (unpaired) electrons. The summed E-state index contributed by atoms with van der Waals surface area (Å²) in [5.41, 5.74) is 4.62. The molecule has 1 aliphatic carbocycles. The largest absolute Gasteiger partial charge is 0.480 e. The average molecular weight is 475 g/mol. The van der Waals surface area contributed by atoms with Crippen LogP contribution >= 0.6 is 11.6 Å². The van der Waals surface area contributed by atoms with E-state index in [0.717, 1.165) is 24.8 Å². The summed E-state index contributed by atoms with van der Waals surface area (Å²) in [5, 5.41) is 3.54. The molecule has 0 saturated heterocycles. The van der Waals surface area contributed by atoms with Crippen molar-refractivity contribution in [1.82, 2.24) is 4.90 Å². The van der Waals surface area contributed by atoms with Gasteiger partial charge in [0.1, 0.15) is 5.75 Å². The van der Waals surface area contributed by atoms with Gasteiger partial charge < -0.3 is 15.0 Å². The highest BCUT2D eigenvalue weighted by Crippen LogP contribution is 2.39. The topological polar surface area (TPSA) is 58.6 Å². The Kier molecular flexibility index (Phi) is 6.29. The summed E-state index contributed by atoms with van der Waals surface area (Å²) in [6, 6.07) is 20.8. The highest BCUT2D eigenvalue weighted by Gasteiger charge is 2.36. The van der Waals surface area contributed by atoms with Gasteiger partial charge in [-0.15, -0.1) is 0 Å². The highest BCUT2D eigenvalue weighted by atomic mass is 35.5. The predicted molar refractivity (Wildman–Crippen MR) is 133 cm³/mol. The number of halogens is 1. The predicted octanol–water partition coefficient (Wildman–Crippen LogP) is 6.17. The molecule has 0 fully saturated rings. The van der Waals surface area contributed by atoms with Gasteiger partial charge in [0.15, 0.2) is 6.10 Å². The molecule has 3 aromatic rings. The van der Waals surface area contributed by atoms with E-state index in [1.54, 1.807) is 24.3 Å². The molecule has 1 aliphatic heterocycles. The molecule has 0 bridgehead atoms. The van der Waals surface area contributed by atoms with Gasteiger partial charge in [0, 0.05) is 21.8 Å². The van der Waals surface area contributed by atoms with Gasteiger partial charge in [-0.2, -0.15) is 0 Å². The first kappa shape index (κ1) is 22.5. The number of rotatable bonds is 4. The molecule has 174 valence electrons. The number of carbonyl (C=O) groups excluding carboxylic acids is 2. The summed E-state index contributed by atoms with van der Waals surface area (Å²) in [6.07, 6.45) is 3.09. The maximum atomic E-state index is 13.5. The van der Waals surface area contributed by atoms with Crippen LogP contribution in [0.5, 0.6) is 5.75 Å². The second-order valence-electron chi connectivity index (χ2n) is 8.87. The maximum absolute atomic E-state index is 13.5. The second-order valence-corrected chi connectivity index (χ2v) is 9.31. The molecule has 2 amide bonds. The Morgan fingerprint density at radius 1 is 1.09 bits per heavy atom. The van der Waals surface area contributed by atoms with E-state index in [1.807, 2.05) is 36.1 Å². The molecule has 1 heterocycles. The number of hydrogen-bond acceptors (Lipinski definition) is 3. The minimum absolute atomic E-state index is 0.0205. The molecule has 1 N–H and O–H groups in total. The zero-order valence-electron chi connectivity index (χ0n) is 19.1. The molecule has 6 heteroatoms. The number of carbonyl (C=O) groups is 2. The monoisotopic (exact) mass is 474 g/mol. The first-order valence-electron chi connectivity index (χ1n) is 11.8. The van der Waals surface area contributed by atoms with Crippen LogP contribution < -0.4 is 10.1 Å². The first-order valence-corrected chi connectivity index (χ1v) is 12.2. The third kappa shape index (κ3) is 4.40. The maximum Gasteiger partial charge on any atom is 0.264 e. The van der Waals surface area contributed by atoms with E-state index in [0.29, 0.717) is 35.0 Å². The van der Waals surface area contributed by atoms with E-state index < -0.39 is 6.10 Å². The highest BCUT2D eigenvalue weighted by molar-refractivity contribution is 6.30. The third-order valence-electron chi connectivity index (χ3n) is 6.68. The van der Waals surface area contributed by atoms with Crippen LogP contribution in [-0.4, -0.2) is 22.8 Å². The van der Waals surface area contributed by atoms with E-state index in [4.69, 9.17) is 16.3 Å². The molecule has 5 nitrogen and oxygen atoms in total. The van der Waals surface area contributed by atoms with Gasteiger partial charge in [-0.05, 0) is 79.3 Å². The summed E-state index contributed by atoms with van der Waals surface area (Å²) in [4.78, 5) is 28.2. The van der Waals surface area contributed by atoms with Crippen LogP contribution in [0.15, 0.2) is 66.7 Å². The molecule has 5 rings (SSSR count). The van der Waals surface area contributed by atoms with Crippen molar-refractivity contribution in [3.8, 4) is 5.75 Å². The molecule has 3 aromatic carbocycles. The van der Waals surface area contributed by atoms with Crippen molar-refractivity contribution in [2.45, 2.75) is 51.3 Å². The van der Waals surface area contributed by atoms with Crippen LogP contribution in [0.3, 0.4) is 0 Å². The van der Waals surface area contributed by atoms with Crippen molar-refractivity contribution in [2.75, 3.05) is 5.32 Å². The van der Waals surface area contributed by atoms with Gasteiger partial charge in [0.2, 0.25) is 0 Å². The lowest BCUT2D eigenvalue weighted by Gasteiger charge is -2.36. The minimum Gasteiger partial charge on any atom is -0.480 e. The van der Waals surface area contributed by atoms with Gasteiger partial charge in [-0.3, -0.25) is 9.59 Å². The number of ether oxygens (including phenoxy) is 1. The number of aryl methyl sites for hydroxylation is 1. The molecule has 2 aliphatic rings. The molecule has 2 unspecified atom stereocenters. The lowest BCUT2D eigenvalue weighted by Crippen LogP contribution is -2.42. The van der Waals surface area contributed by atoms with E-state index in [-0.39, 0.29) is 17.9 Å². The quantitative estimate of drug-likeness (QED) is 0.492. The average Bonchev–Trinajstić information content (AvgIpc) is 3.00. The number of hydrogen-bond donors (Lipinski definition) is 1. The van der Waals surface area contributed by atoms with Gasteiger partial charge in [-0.25, -0.2) is 0 Å². The van der Waals surface area contributed by atoms with Crippen LogP contribution in [-0.2, 0) is 17.8 Å². The summed E-state index contributed by atoms with van der Waals surface area (Å²) in [5.74, 6) is 0.496. The van der Waals surface area contributed by atoms with E-state index in [1.165, 1.54) is 11.1 Å². The van der Waals surface area contributed by atoms with Crippen molar-refractivity contribution in [1.29, 1.82) is 0 Å². The summed E-state index contributed by atoms with van der Waals surface area (Å²) >= 11 is 5.94.